The van der Waals surface area contributed by atoms with Gasteiger partial charge in [0.2, 0.25) is 11.8 Å². The second kappa shape index (κ2) is 5.10. The smallest absolute Gasteiger partial charge is 0.229 e. The maximum atomic E-state index is 11.5. The van der Waals surface area contributed by atoms with E-state index in [0.717, 1.165) is 6.42 Å². The van der Waals surface area contributed by atoms with Crippen molar-refractivity contribution < 1.29 is 9.59 Å². The van der Waals surface area contributed by atoms with E-state index < -0.39 is 0 Å². The standard InChI is InChI=1S/C10H18N2O2/c1-2-8(6-7-11)12-9(13)4-3-5-10(12)14/h8H,2-7,11H2,1H3. The Morgan fingerprint density at radius 1 is 1.36 bits per heavy atom. The quantitative estimate of drug-likeness (QED) is 0.675. The van der Waals surface area contributed by atoms with E-state index in [1.54, 1.807) is 0 Å². The topological polar surface area (TPSA) is 63.4 Å². The van der Waals surface area contributed by atoms with Crippen LogP contribution in [0.3, 0.4) is 0 Å². The molecule has 1 saturated heterocycles. The molecule has 0 aromatic heterocycles. The lowest BCUT2D eigenvalue weighted by Gasteiger charge is -2.32. The zero-order chi connectivity index (χ0) is 10.6. The molecule has 4 nitrogen and oxygen atoms in total. The summed E-state index contributed by atoms with van der Waals surface area (Å²) < 4.78 is 0. The molecule has 80 valence electrons. The van der Waals surface area contributed by atoms with Crippen molar-refractivity contribution in [1.29, 1.82) is 0 Å². The second-order valence-corrected chi connectivity index (χ2v) is 3.65. The molecule has 1 heterocycles. The summed E-state index contributed by atoms with van der Waals surface area (Å²) in [4.78, 5) is 24.5. The minimum Gasteiger partial charge on any atom is -0.330 e. The molecule has 1 unspecified atom stereocenters. The molecule has 1 fully saturated rings. The van der Waals surface area contributed by atoms with Gasteiger partial charge in [-0.05, 0) is 25.8 Å². The Hall–Kier alpha value is -0.900. The van der Waals surface area contributed by atoms with Crippen molar-refractivity contribution in [3.63, 3.8) is 0 Å². The second-order valence-electron chi connectivity index (χ2n) is 3.65. The highest BCUT2D eigenvalue weighted by Crippen LogP contribution is 2.18. The lowest BCUT2D eigenvalue weighted by Crippen LogP contribution is -2.47. The zero-order valence-corrected chi connectivity index (χ0v) is 8.66. The zero-order valence-electron chi connectivity index (χ0n) is 8.66. The summed E-state index contributed by atoms with van der Waals surface area (Å²) in [5.74, 6) is -0.0527. The van der Waals surface area contributed by atoms with Gasteiger partial charge >= 0.3 is 0 Å². The minimum atomic E-state index is -0.0263. The van der Waals surface area contributed by atoms with Gasteiger partial charge in [0.25, 0.3) is 0 Å². The fraction of sp³-hybridized carbons (Fsp3) is 0.800. The van der Waals surface area contributed by atoms with Crippen LogP contribution in [0.4, 0.5) is 0 Å². The Bertz CT molecular complexity index is 212. The molecule has 0 radical (unpaired) electrons. The highest BCUT2D eigenvalue weighted by molar-refractivity contribution is 5.97. The van der Waals surface area contributed by atoms with Crippen LogP contribution in [0.5, 0.6) is 0 Å². The third-order valence-electron chi connectivity index (χ3n) is 2.65. The molecule has 2 amide bonds. The molecule has 2 N–H and O–H groups in total. The average molecular weight is 198 g/mol. The first-order valence-corrected chi connectivity index (χ1v) is 5.25. The average Bonchev–Trinajstić information content (AvgIpc) is 2.16. The Kier molecular flexibility index (Phi) is 4.07. The number of hydrogen-bond acceptors (Lipinski definition) is 3. The maximum absolute atomic E-state index is 11.5. The fourth-order valence-electron chi connectivity index (χ4n) is 1.89. The van der Waals surface area contributed by atoms with Crippen LogP contribution in [0.15, 0.2) is 0 Å². The third-order valence-corrected chi connectivity index (χ3v) is 2.65. The van der Waals surface area contributed by atoms with Crippen molar-refractivity contribution in [2.45, 2.75) is 45.1 Å². The molecule has 0 saturated carbocycles. The minimum absolute atomic E-state index is 0.0142. The highest BCUT2D eigenvalue weighted by Gasteiger charge is 2.30. The van der Waals surface area contributed by atoms with Gasteiger partial charge in [-0.15, -0.1) is 0 Å². The Labute approximate surface area is 84.4 Å². The molecule has 14 heavy (non-hydrogen) atoms. The Morgan fingerprint density at radius 3 is 2.36 bits per heavy atom. The number of nitrogens with two attached hydrogens (primary N) is 1. The Balaban J connectivity index is 2.69. The van der Waals surface area contributed by atoms with E-state index >= 15 is 0 Å². The van der Waals surface area contributed by atoms with Gasteiger partial charge < -0.3 is 5.73 Å². The molecule has 1 atom stereocenters. The van der Waals surface area contributed by atoms with Gasteiger partial charge in [0, 0.05) is 18.9 Å². The van der Waals surface area contributed by atoms with E-state index in [-0.39, 0.29) is 17.9 Å². The summed E-state index contributed by atoms with van der Waals surface area (Å²) in [6.45, 7) is 2.51. The predicted molar refractivity (Wildman–Crippen MR) is 53.5 cm³/mol. The number of likely N-dealkylation sites (tertiary alicyclic amines) is 1. The number of carbonyl (C=O) groups is 2. The first-order valence-electron chi connectivity index (χ1n) is 5.25. The van der Waals surface area contributed by atoms with Crippen molar-refractivity contribution in [2.75, 3.05) is 6.54 Å². The number of hydrogen-bond donors (Lipinski definition) is 1. The molecule has 1 rings (SSSR count). The number of carbonyl (C=O) groups excluding carboxylic acids is 2. The molecule has 4 heteroatoms. The molecule has 0 aromatic rings. The summed E-state index contributed by atoms with van der Waals surface area (Å²) in [6.07, 6.45) is 3.23. The van der Waals surface area contributed by atoms with E-state index in [2.05, 4.69) is 0 Å². The number of amides is 2. The van der Waals surface area contributed by atoms with Gasteiger partial charge in [-0.2, -0.15) is 0 Å². The van der Waals surface area contributed by atoms with E-state index in [0.29, 0.717) is 32.2 Å². The summed E-state index contributed by atoms with van der Waals surface area (Å²) >= 11 is 0. The number of rotatable bonds is 4. The van der Waals surface area contributed by atoms with Gasteiger partial charge in [0.1, 0.15) is 0 Å². The molecular weight excluding hydrogens is 180 g/mol. The number of imide groups is 1. The SMILES string of the molecule is CCC(CCN)N1C(=O)CCCC1=O. The van der Waals surface area contributed by atoms with Crippen molar-refractivity contribution in [3.05, 3.63) is 0 Å². The van der Waals surface area contributed by atoms with Gasteiger partial charge in [0.15, 0.2) is 0 Å². The van der Waals surface area contributed by atoms with E-state index in [1.165, 1.54) is 4.90 Å². The first-order chi connectivity index (χ1) is 6.70. The molecule has 1 aliphatic heterocycles. The fourth-order valence-corrected chi connectivity index (χ4v) is 1.89. The molecule has 0 aliphatic carbocycles. The van der Waals surface area contributed by atoms with E-state index in [4.69, 9.17) is 5.73 Å². The highest BCUT2D eigenvalue weighted by atomic mass is 16.2. The van der Waals surface area contributed by atoms with Gasteiger partial charge in [-0.25, -0.2) is 0 Å². The van der Waals surface area contributed by atoms with Crippen LogP contribution >= 0.6 is 0 Å². The third kappa shape index (κ3) is 2.32. The van der Waals surface area contributed by atoms with Crippen molar-refractivity contribution in [2.24, 2.45) is 5.73 Å². The van der Waals surface area contributed by atoms with E-state index in [9.17, 15) is 9.59 Å². The molecule has 0 bridgehead atoms. The lowest BCUT2D eigenvalue weighted by atomic mass is 10.0. The first kappa shape index (κ1) is 11.2. The lowest BCUT2D eigenvalue weighted by molar-refractivity contribution is -0.151. The Morgan fingerprint density at radius 2 is 1.93 bits per heavy atom. The van der Waals surface area contributed by atoms with Crippen molar-refractivity contribution in [1.82, 2.24) is 4.90 Å². The van der Waals surface area contributed by atoms with Crippen molar-refractivity contribution >= 4 is 11.8 Å². The van der Waals surface area contributed by atoms with Crippen LogP contribution in [0.2, 0.25) is 0 Å². The molecule has 0 spiro atoms. The van der Waals surface area contributed by atoms with Crippen LogP contribution in [-0.4, -0.2) is 29.3 Å². The van der Waals surface area contributed by atoms with Crippen LogP contribution in [0.25, 0.3) is 0 Å². The van der Waals surface area contributed by atoms with E-state index in [1.807, 2.05) is 6.92 Å². The molecule has 1 aliphatic rings. The van der Waals surface area contributed by atoms with Crippen LogP contribution in [-0.2, 0) is 9.59 Å². The molecule has 0 aromatic carbocycles. The summed E-state index contributed by atoms with van der Waals surface area (Å²) in [5, 5.41) is 0. The summed E-state index contributed by atoms with van der Waals surface area (Å²) in [5.41, 5.74) is 5.45. The number of piperidine rings is 1. The van der Waals surface area contributed by atoms with Gasteiger partial charge in [0.05, 0.1) is 0 Å². The largest absolute Gasteiger partial charge is 0.330 e. The van der Waals surface area contributed by atoms with Gasteiger partial charge in [-0.3, -0.25) is 14.5 Å². The van der Waals surface area contributed by atoms with Gasteiger partial charge in [-0.1, -0.05) is 6.92 Å². The monoisotopic (exact) mass is 198 g/mol. The predicted octanol–water partition coefficient (Wildman–Crippen LogP) is 0.653. The summed E-state index contributed by atoms with van der Waals surface area (Å²) in [6, 6.07) is 0.0142. The maximum Gasteiger partial charge on any atom is 0.229 e. The van der Waals surface area contributed by atoms with Crippen LogP contribution < -0.4 is 5.73 Å². The molecular formula is C10H18N2O2. The normalized spacial score (nSPS) is 20.0. The van der Waals surface area contributed by atoms with Crippen LogP contribution in [0.1, 0.15) is 39.0 Å². The van der Waals surface area contributed by atoms with Crippen molar-refractivity contribution in [3.8, 4) is 0 Å². The van der Waals surface area contributed by atoms with Crippen LogP contribution in [0, 0.1) is 0 Å². The number of nitrogens with zero attached hydrogens (tertiary/aromatic N) is 1. The summed E-state index contributed by atoms with van der Waals surface area (Å²) in [7, 11) is 0.